The van der Waals surface area contributed by atoms with Crippen LogP contribution in [0.15, 0.2) is 41.2 Å². The average molecular weight is 260 g/mol. The van der Waals surface area contributed by atoms with E-state index in [2.05, 4.69) is 20.8 Å². The van der Waals surface area contributed by atoms with Crippen LogP contribution in [0.2, 0.25) is 0 Å². The molecule has 2 rings (SSSR count). The van der Waals surface area contributed by atoms with Gasteiger partial charge in [0.2, 0.25) is 11.8 Å². The van der Waals surface area contributed by atoms with Crippen molar-refractivity contribution in [2.75, 3.05) is 13.1 Å². The summed E-state index contributed by atoms with van der Waals surface area (Å²) in [4.78, 5) is 15.4. The molecule has 100 valence electrons. The van der Waals surface area contributed by atoms with E-state index in [1.165, 1.54) is 6.33 Å². The summed E-state index contributed by atoms with van der Waals surface area (Å²) in [5, 5.41) is 9.37. The number of carbonyl (C=O) groups excluding carboxylic acids is 1. The number of rotatable bonds is 7. The molecule has 1 aromatic heterocycles. The fourth-order valence-electron chi connectivity index (χ4n) is 1.56. The Morgan fingerprint density at radius 2 is 2.11 bits per heavy atom. The fraction of sp³-hybridized carbons (Fsp3) is 0.308. The first-order chi connectivity index (χ1) is 9.34. The van der Waals surface area contributed by atoms with Crippen LogP contribution in [0.3, 0.4) is 0 Å². The predicted octanol–water partition coefficient (Wildman–Crippen LogP) is 0.518. The highest BCUT2D eigenvalue weighted by Crippen LogP contribution is 1.96. The normalized spacial score (nSPS) is 10.3. The van der Waals surface area contributed by atoms with Crippen molar-refractivity contribution < 1.29 is 9.32 Å². The molecular formula is C13H16N4O2. The third kappa shape index (κ3) is 4.89. The van der Waals surface area contributed by atoms with Crippen molar-refractivity contribution in [2.24, 2.45) is 0 Å². The summed E-state index contributed by atoms with van der Waals surface area (Å²) in [6, 6.07) is 9.80. The molecule has 1 aromatic carbocycles. The van der Waals surface area contributed by atoms with Crippen LogP contribution >= 0.6 is 0 Å². The summed E-state index contributed by atoms with van der Waals surface area (Å²) in [7, 11) is 0. The standard InChI is InChI=1S/C13H16N4O2/c18-12(15-8-11-4-2-1-3-5-11)9-14-7-6-13-16-10-17-19-13/h1-5,10,14H,6-9H2,(H,15,18). The zero-order chi connectivity index (χ0) is 13.3. The van der Waals surface area contributed by atoms with Gasteiger partial charge in [0.05, 0.1) is 6.54 Å². The van der Waals surface area contributed by atoms with Gasteiger partial charge in [0.1, 0.15) is 0 Å². The van der Waals surface area contributed by atoms with Crippen molar-refractivity contribution in [3.05, 3.63) is 48.1 Å². The second kappa shape index (κ2) is 7.27. The summed E-state index contributed by atoms with van der Waals surface area (Å²) in [6.07, 6.45) is 1.98. The minimum Gasteiger partial charge on any atom is -0.351 e. The molecule has 0 aliphatic rings. The number of nitrogens with one attached hydrogen (secondary N) is 2. The number of hydrogen-bond acceptors (Lipinski definition) is 5. The second-order valence-electron chi connectivity index (χ2n) is 4.02. The van der Waals surface area contributed by atoms with Crippen molar-refractivity contribution in [1.29, 1.82) is 0 Å². The minimum atomic E-state index is -0.0330. The van der Waals surface area contributed by atoms with E-state index in [1.54, 1.807) is 0 Å². The molecule has 0 spiro atoms. The van der Waals surface area contributed by atoms with E-state index in [4.69, 9.17) is 4.52 Å². The van der Waals surface area contributed by atoms with E-state index in [0.717, 1.165) is 5.56 Å². The highest BCUT2D eigenvalue weighted by Gasteiger charge is 2.02. The fourth-order valence-corrected chi connectivity index (χ4v) is 1.56. The molecule has 0 atom stereocenters. The van der Waals surface area contributed by atoms with Gasteiger partial charge in [-0.15, -0.1) is 0 Å². The first-order valence-corrected chi connectivity index (χ1v) is 6.11. The molecule has 0 radical (unpaired) electrons. The molecule has 19 heavy (non-hydrogen) atoms. The van der Waals surface area contributed by atoms with Crippen LogP contribution in [0.25, 0.3) is 0 Å². The number of carbonyl (C=O) groups is 1. The maximum atomic E-state index is 11.6. The first kappa shape index (κ1) is 13.2. The lowest BCUT2D eigenvalue weighted by Crippen LogP contribution is -2.34. The molecule has 0 bridgehead atoms. The highest BCUT2D eigenvalue weighted by atomic mass is 16.5. The Labute approximate surface area is 111 Å². The van der Waals surface area contributed by atoms with Crippen molar-refractivity contribution in [1.82, 2.24) is 20.8 Å². The van der Waals surface area contributed by atoms with Crippen molar-refractivity contribution in [2.45, 2.75) is 13.0 Å². The molecule has 1 amide bonds. The van der Waals surface area contributed by atoms with Crippen LogP contribution in [0.1, 0.15) is 11.5 Å². The highest BCUT2D eigenvalue weighted by molar-refractivity contribution is 5.77. The van der Waals surface area contributed by atoms with E-state index >= 15 is 0 Å². The molecule has 0 fully saturated rings. The van der Waals surface area contributed by atoms with Crippen LogP contribution in [-0.4, -0.2) is 29.1 Å². The molecule has 2 N–H and O–H groups in total. The van der Waals surface area contributed by atoms with E-state index in [0.29, 0.717) is 25.4 Å². The van der Waals surface area contributed by atoms with Gasteiger partial charge >= 0.3 is 0 Å². The number of benzene rings is 1. The zero-order valence-electron chi connectivity index (χ0n) is 10.5. The molecule has 2 aromatic rings. The molecule has 6 heteroatoms. The Morgan fingerprint density at radius 1 is 1.26 bits per heavy atom. The van der Waals surface area contributed by atoms with Gasteiger partial charge in [-0.1, -0.05) is 35.5 Å². The van der Waals surface area contributed by atoms with Gasteiger partial charge in [0.15, 0.2) is 6.33 Å². The third-order valence-electron chi connectivity index (χ3n) is 2.54. The minimum absolute atomic E-state index is 0.0330. The van der Waals surface area contributed by atoms with Crippen molar-refractivity contribution >= 4 is 5.91 Å². The quantitative estimate of drug-likeness (QED) is 0.709. The van der Waals surface area contributed by atoms with Crippen LogP contribution in [0.5, 0.6) is 0 Å². The Morgan fingerprint density at radius 3 is 2.84 bits per heavy atom. The molecule has 0 unspecified atom stereocenters. The van der Waals surface area contributed by atoms with Gasteiger partial charge in [0.25, 0.3) is 0 Å². The van der Waals surface area contributed by atoms with Gasteiger partial charge in [0, 0.05) is 19.5 Å². The van der Waals surface area contributed by atoms with Gasteiger partial charge < -0.3 is 15.2 Å². The Bertz CT molecular complexity index is 485. The molecule has 0 aliphatic heterocycles. The number of hydrogen-bond donors (Lipinski definition) is 2. The van der Waals surface area contributed by atoms with E-state index in [1.807, 2.05) is 30.3 Å². The number of amides is 1. The third-order valence-corrected chi connectivity index (χ3v) is 2.54. The molecular weight excluding hydrogens is 244 g/mol. The van der Waals surface area contributed by atoms with Gasteiger partial charge in [-0.2, -0.15) is 4.98 Å². The topological polar surface area (TPSA) is 80.1 Å². The van der Waals surface area contributed by atoms with E-state index < -0.39 is 0 Å². The average Bonchev–Trinajstić information content (AvgIpc) is 2.96. The summed E-state index contributed by atoms with van der Waals surface area (Å²) < 4.78 is 4.84. The van der Waals surface area contributed by atoms with Crippen molar-refractivity contribution in [3.63, 3.8) is 0 Å². The number of aromatic nitrogens is 2. The molecule has 0 aliphatic carbocycles. The van der Waals surface area contributed by atoms with E-state index in [-0.39, 0.29) is 12.5 Å². The van der Waals surface area contributed by atoms with Crippen LogP contribution in [0.4, 0.5) is 0 Å². The maximum absolute atomic E-state index is 11.6. The molecule has 0 saturated heterocycles. The molecule has 1 heterocycles. The summed E-state index contributed by atoms with van der Waals surface area (Å²) in [6.45, 7) is 1.45. The summed E-state index contributed by atoms with van der Waals surface area (Å²) >= 11 is 0. The monoisotopic (exact) mass is 260 g/mol. The molecule has 0 saturated carbocycles. The van der Waals surface area contributed by atoms with Crippen molar-refractivity contribution in [3.8, 4) is 0 Å². The summed E-state index contributed by atoms with van der Waals surface area (Å²) in [5.74, 6) is 0.534. The van der Waals surface area contributed by atoms with Gasteiger partial charge in [-0.05, 0) is 5.56 Å². The first-order valence-electron chi connectivity index (χ1n) is 6.11. The Kier molecular flexibility index (Phi) is 5.06. The second-order valence-corrected chi connectivity index (χ2v) is 4.02. The predicted molar refractivity (Wildman–Crippen MR) is 69.2 cm³/mol. The SMILES string of the molecule is O=C(CNCCc1ncno1)NCc1ccccc1. The maximum Gasteiger partial charge on any atom is 0.234 e. The smallest absolute Gasteiger partial charge is 0.234 e. The lowest BCUT2D eigenvalue weighted by Gasteiger charge is -2.06. The van der Waals surface area contributed by atoms with Crippen LogP contribution in [-0.2, 0) is 17.8 Å². The largest absolute Gasteiger partial charge is 0.351 e. The zero-order valence-corrected chi connectivity index (χ0v) is 10.5. The Balaban J connectivity index is 1.57. The number of nitrogens with zero attached hydrogens (tertiary/aromatic N) is 2. The summed E-state index contributed by atoms with van der Waals surface area (Å²) in [5.41, 5.74) is 1.08. The Hall–Kier alpha value is -2.21. The van der Waals surface area contributed by atoms with Gasteiger partial charge in [-0.25, -0.2) is 0 Å². The van der Waals surface area contributed by atoms with Gasteiger partial charge in [-0.3, -0.25) is 4.79 Å². The van der Waals surface area contributed by atoms with Crippen LogP contribution < -0.4 is 10.6 Å². The van der Waals surface area contributed by atoms with E-state index in [9.17, 15) is 4.79 Å². The lowest BCUT2D eigenvalue weighted by molar-refractivity contribution is -0.120. The molecule has 6 nitrogen and oxygen atoms in total. The lowest BCUT2D eigenvalue weighted by atomic mass is 10.2. The van der Waals surface area contributed by atoms with Crippen LogP contribution in [0, 0.1) is 0 Å².